The first-order valence-corrected chi connectivity index (χ1v) is 10.5. The predicted octanol–water partition coefficient (Wildman–Crippen LogP) is -3.69. The molecule has 2 heterocycles. The molecule has 0 spiro atoms. The Morgan fingerprint density at radius 1 is 1.06 bits per heavy atom. The summed E-state index contributed by atoms with van der Waals surface area (Å²) >= 11 is 0. The van der Waals surface area contributed by atoms with E-state index in [0.717, 1.165) is 0 Å². The van der Waals surface area contributed by atoms with Crippen molar-refractivity contribution < 1.29 is 54.8 Å². The summed E-state index contributed by atoms with van der Waals surface area (Å²) in [6.45, 7) is -1.52. The van der Waals surface area contributed by atoms with Gasteiger partial charge in [0.2, 0.25) is 5.91 Å². The van der Waals surface area contributed by atoms with E-state index >= 15 is 0 Å². The Labute approximate surface area is 185 Å². The maximum atomic E-state index is 12.1. The lowest BCUT2D eigenvalue weighted by Gasteiger charge is -2.47. The van der Waals surface area contributed by atoms with E-state index in [1.807, 2.05) is 0 Å². The van der Waals surface area contributed by atoms with Gasteiger partial charge in [0.1, 0.15) is 36.1 Å². The quantitative estimate of drug-likeness (QED) is 0.117. The summed E-state index contributed by atoms with van der Waals surface area (Å²) in [6.07, 6.45) is -5.64. The lowest BCUT2D eigenvalue weighted by atomic mass is 9.90. The van der Waals surface area contributed by atoms with Gasteiger partial charge in [-0.05, 0) is 12.8 Å². The molecule has 184 valence electrons. The van der Waals surface area contributed by atoms with Crippen LogP contribution in [0.4, 0.5) is 0 Å². The Balaban J connectivity index is 2.02. The topological polar surface area (TPSA) is 198 Å². The molecular weight excluding hydrogens is 430 g/mol. The molecule has 0 saturated carbocycles. The second-order valence-corrected chi connectivity index (χ2v) is 8.11. The molecule has 0 bridgehead atoms. The summed E-state index contributed by atoms with van der Waals surface area (Å²) in [6, 6.07) is 0. The van der Waals surface area contributed by atoms with Gasteiger partial charge >= 0.3 is 0 Å². The van der Waals surface area contributed by atoms with Gasteiger partial charge in [-0.2, -0.15) is 0 Å². The normalized spacial score (nSPS) is 39.9. The van der Waals surface area contributed by atoms with Crippen molar-refractivity contribution in [2.75, 3.05) is 19.8 Å². The van der Waals surface area contributed by atoms with Crippen molar-refractivity contribution in [3.8, 4) is 12.3 Å². The van der Waals surface area contributed by atoms with Gasteiger partial charge in [0.25, 0.3) is 0 Å². The molecule has 0 radical (unpaired) electrons. The molecule has 2 rings (SSSR count). The van der Waals surface area contributed by atoms with Gasteiger partial charge in [-0.3, -0.25) is 4.79 Å². The molecule has 12 nitrogen and oxygen atoms in total. The number of rotatable bonds is 10. The Morgan fingerprint density at radius 2 is 1.78 bits per heavy atom. The first-order valence-electron chi connectivity index (χ1n) is 10.5. The van der Waals surface area contributed by atoms with Crippen molar-refractivity contribution >= 4 is 5.91 Å². The Kier molecular flexibility index (Phi) is 10.2. The summed E-state index contributed by atoms with van der Waals surface area (Å²) in [5.41, 5.74) is -1.51. The first-order chi connectivity index (χ1) is 15.2. The fraction of sp³-hybridized carbons (Fsp3) is 0.850. The van der Waals surface area contributed by atoms with Gasteiger partial charge in [0, 0.05) is 25.8 Å². The van der Waals surface area contributed by atoms with Crippen LogP contribution >= 0.6 is 0 Å². The van der Waals surface area contributed by atoms with Crippen molar-refractivity contribution in [1.82, 2.24) is 5.32 Å². The first kappa shape index (κ1) is 26.9. The van der Waals surface area contributed by atoms with E-state index in [-0.39, 0.29) is 25.3 Å². The molecule has 12 heteroatoms. The van der Waals surface area contributed by atoms with Crippen LogP contribution < -0.4 is 5.32 Å². The van der Waals surface area contributed by atoms with E-state index in [1.165, 1.54) is 0 Å². The molecular formula is C20H33NO11. The zero-order valence-electron chi connectivity index (χ0n) is 17.6. The lowest BCUT2D eigenvalue weighted by Crippen LogP contribution is -2.64. The number of hydrogen-bond donors (Lipinski definition) is 8. The lowest BCUT2D eigenvalue weighted by molar-refractivity contribution is -0.379. The number of nitrogens with one attached hydrogen (secondary N) is 1. The van der Waals surface area contributed by atoms with Gasteiger partial charge in [-0.1, -0.05) is 0 Å². The van der Waals surface area contributed by atoms with E-state index in [1.54, 1.807) is 0 Å². The van der Waals surface area contributed by atoms with Crippen LogP contribution in [0.5, 0.6) is 0 Å². The third-order valence-corrected chi connectivity index (χ3v) is 5.61. The molecule has 32 heavy (non-hydrogen) atoms. The fourth-order valence-corrected chi connectivity index (χ4v) is 3.60. The van der Waals surface area contributed by atoms with E-state index in [4.69, 9.17) is 20.6 Å². The average Bonchev–Trinajstić information content (AvgIpc) is 2.78. The summed E-state index contributed by atoms with van der Waals surface area (Å²) in [4.78, 5) is 12.1. The zero-order chi connectivity index (χ0) is 23.9. The molecule has 2 aliphatic heterocycles. The monoisotopic (exact) mass is 463 g/mol. The van der Waals surface area contributed by atoms with Crippen LogP contribution in [0.15, 0.2) is 0 Å². The van der Waals surface area contributed by atoms with E-state index in [9.17, 15) is 40.5 Å². The van der Waals surface area contributed by atoms with E-state index in [0.29, 0.717) is 19.3 Å². The maximum Gasteiger partial charge on any atom is 0.220 e. The minimum absolute atomic E-state index is 0.199. The Bertz CT molecular complexity index is 642. The van der Waals surface area contributed by atoms with Gasteiger partial charge in [0.05, 0.1) is 19.3 Å². The number of aliphatic hydroxyl groups is 7. The van der Waals surface area contributed by atoms with Crippen molar-refractivity contribution in [2.45, 2.75) is 86.9 Å². The second-order valence-electron chi connectivity index (χ2n) is 8.11. The van der Waals surface area contributed by atoms with Gasteiger partial charge in [-0.25, -0.2) is 0 Å². The van der Waals surface area contributed by atoms with Crippen LogP contribution in [-0.2, 0) is 19.0 Å². The third-order valence-electron chi connectivity index (χ3n) is 5.61. The highest BCUT2D eigenvalue weighted by Crippen LogP contribution is 2.32. The number of terminal acetylenes is 1. The van der Waals surface area contributed by atoms with Crippen LogP contribution in [0, 0.1) is 12.3 Å². The van der Waals surface area contributed by atoms with Crippen molar-refractivity contribution in [3.05, 3.63) is 0 Å². The summed E-state index contributed by atoms with van der Waals surface area (Å²) in [5, 5.41) is 72.2. The number of carbonyl (C=O) groups excluding carboxylic acids is 1. The molecule has 8 N–H and O–H groups in total. The van der Waals surface area contributed by atoms with Crippen molar-refractivity contribution in [3.63, 3.8) is 0 Å². The molecule has 0 aliphatic carbocycles. The summed E-state index contributed by atoms with van der Waals surface area (Å²) in [5.74, 6) is 2.17. The standard InChI is InChI=1S/C20H33NO11/c1-2-3-4-5-6-13(25)21-9-20(10-23)7-11(24)14(26)19(32-20)31-18-17(29)16(28)15(27)12(8-22)30-18/h1,11-12,14-19,22-24,26-29H,3-10H2,(H,21,25)/t11?,12?,14?,15-,16?,17?,18-,19+,20?/m1/s1. The number of carbonyl (C=O) groups is 1. The van der Waals surface area contributed by atoms with Crippen LogP contribution in [0.25, 0.3) is 0 Å². The predicted molar refractivity (Wildman–Crippen MR) is 106 cm³/mol. The molecule has 9 atom stereocenters. The highest BCUT2D eigenvalue weighted by molar-refractivity contribution is 5.75. The number of unbranched alkanes of at least 4 members (excludes halogenated alkanes) is 2. The smallest absolute Gasteiger partial charge is 0.220 e. The second kappa shape index (κ2) is 12.2. The van der Waals surface area contributed by atoms with Crippen molar-refractivity contribution in [2.24, 2.45) is 0 Å². The van der Waals surface area contributed by atoms with Crippen LogP contribution in [0.2, 0.25) is 0 Å². The van der Waals surface area contributed by atoms with Crippen LogP contribution in [0.1, 0.15) is 32.1 Å². The molecule has 0 aromatic carbocycles. The average molecular weight is 463 g/mol. The molecule has 0 aromatic rings. The van der Waals surface area contributed by atoms with Gasteiger partial charge < -0.3 is 55.3 Å². The molecule has 2 saturated heterocycles. The maximum absolute atomic E-state index is 12.1. The number of amides is 1. The van der Waals surface area contributed by atoms with Crippen molar-refractivity contribution in [1.29, 1.82) is 0 Å². The Morgan fingerprint density at radius 3 is 2.41 bits per heavy atom. The number of hydrogen-bond acceptors (Lipinski definition) is 11. The van der Waals surface area contributed by atoms with E-state index < -0.39 is 68.0 Å². The molecule has 6 unspecified atom stereocenters. The van der Waals surface area contributed by atoms with Crippen LogP contribution in [0.3, 0.4) is 0 Å². The SMILES string of the molecule is C#CCCCCC(=O)NCC1(CO)CC(O)C(O)[C@@H](O[C@H]2OC(CO)[C@@H](O)C(O)C2O)O1. The van der Waals surface area contributed by atoms with E-state index in [2.05, 4.69) is 11.2 Å². The summed E-state index contributed by atoms with van der Waals surface area (Å²) in [7, 11) is 0. The van der Waals surface area contributed by atoms with Gasteiger partial charge in [-0.15, -0.1) is 12.3 Å². The van der Waals surface area contributed by atoms with Crippen LogP contribution in [-0.4, -0.2) is 116 Å². The zero-order valence-corrected chi connectivity index (χ0v) is 17.6. The third kappa shape index (κ3) is 6.58. The Hall–Kier alpha value is -1.37. The minimum atomic E-state index is -1.76. The van der Waals surface area contributed by atoms with Gasteiger partial charge in [0.15, 0.2) is 12.6 Å². The number of aliphatic hydroxyl groups excluding tert-OH is 7. The highest BCUT2D eigenvalue weighted by atomic mass is 16.8. The molecule has 2 aliphatic rings. The highest BCUT2D eigenvalue weighted by Gasteiger charge is 2.50. The minimum Gasteiger partial charge on any atom is -0.394 e. The molecule has 0 aromatic heterocycles. The molecule has 2 fully saturated rings. The largest absolute Gasteiger partial charge is 0.394 e. The number of ether oxygens (including phenoxy) is 3. The molecule has 1 amide bonds. The fourth-order valence-electron chi connectivity index (χ4n) is 3.60. The summed E-state index contributed by atoms with van der Waals surface area (Å²) < 4.78 is 16.3.